The lowest BCUT2D eigenvalue weighted by Gasteiger charge is -2.26. The molecule has 1 aromatic heterocycles. The van der Waals surface area contributed by atoms with Crippen molar-refractivity contribution in [1.82, 2.24) is 14.7 Å². The minimum Gasteiger partial charge on any atom is -0.378 e. The normalized spacial score (nSPS) is 14.2. The fourth-order valence-corrected chi connectivity index (χ4v) is 2.61. The number of amides is 1. The van der Waals surface area contributed by atoms with E-state index in [1.165, 1.54) is 0 Å². The van der Waals surface area contributed by atoms with Gasteiger partial charge in [0.25, 0.3) is 0 Å². The molecule has 1 aromatic carbocycles. The highest BCUT2D eigenvalue weighted by Crippen LogP contribution is 2.19. The first kappa shape index (κ1) is 16.3. The van der Waals surface area contributed by atoms with E-state index in [2.05, 4.69) is 16.5 Å². The van der Waals surface area contributed by atoms with Crippen LogP contribution in [0.4, 0.5) is 5.82 Å². The molecule has 24 heavy (non-hydrogen) atoms. The van der Waals surface area contributed by atoms with Gasteiger partial charge in [-0.15, -0.1) is 0 Å². The van der Waals surface area contributed by atoms with Crippen LogP contribution in [0.2, 0.25) is 5.02 Å². The smallest absolute Gasteiger partial charge is 0.242 e. The van der Waals surface area contributed by atoms with Gasteiger partial charge in [0.1, 0.15) is 11.9 Å². The minimum atomic E-state index is 0.0112. The van der Waals surface area contributed by atoms with Crippen molar-refractivity contribution >= 4 is 23.3 Å². The summed E-state index contributed by atoms with van der Waals surface area (Å²) >= 11 is 5.90. The van der Waals surface area contributed by atoms with E-state index in [1.807, 2.05) is 0 Å². The molecule has 8 heteroatoms. The number of anilines is 1. The molecule has 1 fully saturated rings. The van der Waals surface area contributed by atoms with Gasteiger partial charge in [-0.3, -0.25) is 4.79 Å². The molecular weight excluding hydrogens is 330 g/mol. The molecule has 7 nitrogen and oxygen atoms in total. The van der Waals surface area contributed by atoms with E-state index >= 15 is 0 Å². The lowest BCUT2D eigenvalue weighted by Crippen LogP contribution is -2.43. The van der Waals surface area contributed by atoms with Crippen LogP contribution in [0.15, 0.2) is 30.5 Å². The van der Waals surface area contributed by atoms with E-state index in [9.17, 15) is 10.1 Å². The summed E-state index contributed by atoms with van der Waals surface area (Å²) in [4.78, 5) is 13.9. The number of carbonyl (C=O) groups is 1. The van der Waals surface area contributed by atoms with Gasteiger partial charge >= 0.3 is 0 Å². The topological polar surface area (TPSA) is 83.2 Å². The van der Waals surface area contributed by atoms with Gasteiger partial charge in [0.2, 0.25) is 5.91 Å². The Morgan fingerprint density at radius 3 is 2.92 bits per heavy atom. The van der Waals surface area contributed by atoms with E-state index in [-0.39, 0.29) is 12.5 Å². The molecule has 1 N–H and O–H groups in total. The van der Waals surface area contributed by atoms with Crippen molar-refractivity contribution in [3.8, 4) is 11.8 Å². The Labute approximate surface area is 144 Å². The highest BCUT2D eigenvalue weighted by atomic mass is 35.5. The third-order valence-corrected chi connectivity index (χ3v) is 3.93. The summed E-state index contributed by atoms with van der Waals surface area (Å²) in [5.74, 6) is 0.576. The van der Waals surface area contributed by atoms with Crippen molar-refractivity contribution in [3.05, 3.63) is 41.0 Å². The number of halogens is 1. The molecule has 3 rings (SSSR count). The number of aromatic nitrogens is 2. The Morgan fingerprint density at radius 1 is 1.38 bits per heavy atom. The number of ether oxygens (including phenoxy) is 1. The predicted molar refractivity (Wildman–Crippen MR) is 89.2 cm³/mol. The highest BCUT2D eigenvalue weighted by Gasteiger charge is 2.16. The number of nitrogens with one attached hydrogen (secondary N) is 1. The lowest BCUT2D eigenvalue weighted by atomic mass is 10.2. The molecule has 0 spiro atoms. The van der Waals surface area contributed by atoms with Gasteiger partial charge in [0.05, 0.1) is 31.0 Å². The van der Waals surface area contributed by atoms with Crippen molar-refractivity contribution in [1.29, 1.82) is 5.26 Å². The van der Waals surface area contributed by atoms with Gasteiger partial charge in [-0.2, -0.15) is 10.4 Å². The first-order chi connectivity index (χ1) is 11.7. The molecule has 1 aliphatic rings. The van der Waals surface area contributed by atoms with Crippen LogP contribution in [-0.4, -0.2) is 53.4 Å². The second kappa shape index (κ2) is 7.34. The van der Waals surface area contributed by atoms with Crippen LogP contribution in [0.25, 0.3) is 5.69 Å². The monoisotopic (exact) mass is 345 g/mol. The largest absolute Gasteiger partial charge is 0.378 e. The fraction of sp³-hybridized carbons (Fsp3) is 0.312. The molecule has 0 bridgehead atoms. The van der Waals surface area contributed by atoms with Crippen molar-refractivity contribution in [2.24, 2.45) is 0 Å². The first-order valence-corrected chi connectivity index (χ1v) is 7.90. The van der Waals surface area contributed by atoms with Gasteiger partial charge in [-0.25, -0.2) is 4.68 Å². The number of benzene rings is 1. The van der Waals surface area contributed by atoms with Crippen LogP contribution in [0, 0.1) is 11.3 Å². The summed E-state index contributed by atoms with van der Waals surface area (Å²) < 4.78 is 6.81. The van der Waals surface area contributed by atoms with Crippen molar-refractivity contribution in [2.75, 3.05) is 38.2 Å². The molecule has 124 valence electrons. The molecular formula is C16H16ClN5O2. The maximum absolute atomic E-state index is 12.1. The maximum atomic E-state index is 12.1. The van der Waals surface area contributed by atoms with Gasteiger partial charge in [-0.05, 0) is 18.2 Å². The van der Waals surface area contributed by atoms with Crippen molar-refractivity contribution in [3.63, 3.8) is 0 Å². The number of nitriles is 1. The zero-order chi connectivity index (χ0) is 16.9. The predicted octanol–water partition coefficient (Wildman–Crippen LogP) is 1.67. The van der Waals surface area contributed by atoms with Crippen LogP contribution in [0.3, 0.4) is 0 Å². The Morgan fingerprint density at radius 2 is 2.17 bits per heavy atom. The average Bonchev–Trinajstić information content (AvgIpc) is 3.09. The van der Waals surface area contributed by atoms with Crippen LogP contribution in [0.1, 0.15) is 5.56 Å². The van der Waals surface area contributed by atoms with Gasteiger partial charge in [0, 0.05) is 30.4 Å². The molecule has 1 aliphatic heterocycles. The molecule has 2 heterocycles. The number of hydrogen-bond donors (Lipinski definition) is 1. The molecule has 0 atom stereocenters. The summed E-state index contributed by atoms with van der Waals surface area (Å²) in [5, 5.41) is 17.1. The summed E-state index contributed by atoms with van der Waals surface area (Å²) in [6.07, 6.45) is 1.73. The molecule has 1 amide bonds. The fourth-order valence-electron chi connectivity index (χ4n) is 2.44. The maximum Gasteiger partial charge on any atom is 0.242 e. The lowest BCUT2D eigenvalue weighted by molar-refractivity contribution is -0.133. The summed E-state index contributed by atoms with van der Waals surface area (Å²) in [6.45, 7) is 2.56. The summed E-state index contributed by atoms with van der Waals surface area (Å²) in [6, 6.07) is 8.88. The van der Waals surface area contributed by atoms with E-state index in [0.717, 1.165) is 0 Å². The second-order valence-corrected chi connectivity index (χ2v) is 5.70. The Bertz CT molecular complexity index is 777. The molecule has 0 unspecified atom stereocenters. The average molecular weight is 346 g/mol. The zero-order valence-corrected chi connectivity index (χ0v) is 13.7. The van der Waals surface area contributed by atoms with Gasteiger partial charge in [-0.1, -0.05) is 11.6 Å². The first-order valence-electron chi connectivity index (χ1n) is 7.52. The van der Waals surface area contributed by atoms with Crippen LogP contribution < -0.4 is 5.32 Å². The Kier molecular flexibility index (Phi) is 4.99. The third kappa shape index (κ3) is 3.67. The second-order valence-electron chi connectivity index (χ2n) is 5.27. The number of hydrogen-bond acceptors (Lipinski definition) is 5. The molecule has 0 saturated carbocycles. The Hall–Kier alpha value is -2.56. The quantitative estimate of drug-likeness (QED) is 0.911. The highest BCUT2D eigenvalue weighted by molar-refractivity contribution is 6.30. The van der Waals surface area contributed by atoms with Gasteiger partial charge < -0.3 is 15.0 Å². The molecule has 1 saturated heterocycles. The van der Waals surface area contributed by atoms with Crippen LogP contribution in [0.5, 0.6) is 0 Å². The number of rotatable bonds is 4. The van der Waals surface area contributed by atoms with E-state index in [4.69, 9.17) is 16.3 Å². The Balaban J connectivity index is 1.66. The number of carbonyl (C=O) groups excluding carboxylic acids is 1. The van der Waals surface area contributed by atoms with E-state index in [0.29, 0.717) is 48.4 Å². The minimum absolute atomic E-state index is 0.0112. The van der Waals surface area contributed by atoms with Crippen molar-refractivity contribution in [2.45, 2.75) is 0 Å². The third-order valence-electron chi connectivity index (χ3n) is 3.70. The van der Waals surface area contributed by atoms with E-state index < -0.39 is 0 Å². The van der Waals surface area contributed by atoms with E-state index in [1.54, 1.807) is 40.0 Å². The molecule has 2 aromatic rings. The number of morpholine rings is 1. The van der Waals surface area contributed by atoms with Gasteiger partial charge in [0.15, 0.2) is 0 Å². The summed E-state index contributed by atoms with van der Waals surface area (Å²) in [5.41, 5.74) is 1.07. The molecule has 0 aliphatic carbocycles. The summed E-state index contributed by atoms with van der Waals surface area (Å²) in [7, 11) is 0. The standard InChI is InChI=1S/C16H16ClN5O2/c17-13-1-2-14(12(9-13)10-18)22-4-3-15(20-22)19-11-16(23)21-5-7-24-8-6-21/h1-4,9H,5-8,11H2,(H,19,20). The van der Waals surface area contributed by atoms with Crippen molar-refractivity contribution < 1.29 is 9.53 Å². The molecule has 0 radical (unpaired) electrons. The number of nitrogens with zero attached hydrogens (tertiary/aromatic N) is 4. The van der Waals surface area contributed by atoms with Crippen LogP contribution >= 0.6 is 11.6 Å². The zero-order valence-electron chi connectivity index (χ0n) is 12.9. The SMILES string of the molecule is N#Cc1cc(Cl)ccc1-n1ccc(NCC(=O)N2CCOCC2)n1. The van der Waals surface area contributed by atoms with Crippen LogP contribution in [-0.2, 0) is 9.53 Å².